The predicted molar refractivity (Wildman–Crippen MR) is 51.9 cm³/mol. The Morgan fingerprint density at radius 2 is 1.77 bits per heavy atom. The molecule has 0 aromatic carbocycles. The van der Waals surface area contributed by atoms with Crippen LogP contribution in [0.3, 0.4) is 0 Å². The van der Waals surface area contributed by atoms with Gasteiger partial charge in [-0.05, 0) is 19.4 Å². The van der Waals surface area contributed by atoms with Gasteiger partial charge in [-0.1, -0.05) is 6.08 Å². The molecule has 0 aliphatic heterocycles. The summed E-state index contributed by atoms with van der Waals surface area (Å²) < 4.78 is 26.6. The van der Waals surface area contributed by atoms with Crippen LogP contribution in [0, 0.1) is 0 Å². The van der Waals surface area contributed by atoms with Gasteiger partial charge in [-0.2, -0.15) is 0 Å². The third-order valence-electron chi connectivity index (χ3n) is 1.86. The molecule has 0 aromatic heterocycles. The van der Waals surface area contributed by atoms with Crippen LogP contribution in [0.2, 0.25) is 0 Å². The Morgan fingerprint density at radius 1 is 1.31 bits per heavy atom. The lowest BCUT2D eigenvalue weighted by Crippen LogP contribution is -2.14. The molecule has 0 aliphatic carbocycles. The number of hydrogen-bond acceptors (Lipinski definition) is 4. The summed E-state index contributed by atoms with van der Waals surface area (Å²) in [4.78, 5) is 0. The van der Waals surface area contributed by atoms with Crippen LogP contribution in [0.1, 0.15) is 13.8 Å². The van der Waals surface area contributed by atoms with Gasteiger partial charge in [0, 0.05) is 21.3 Å². The van der Waals surface area contributed by atoms with Crippen molar-refractivity contribution in [2.75, 3.05) is 21.3 Å². The number of hydrogen-bond donors (Lipinski definition) is 0. The molecule has 1 unspecified atom stereocenters. The third-order valence-corrected chi connectivity index (χ3v) is 4.07. The molecule has 1 atom stereocenters. The third kappa shape index (κ3) is 2.92. The second kappa shape index (κ2) is 5.55. The summed E-state index contributed by atoms with van der Waals surface area (Å²) in [7, 11) is 1.01. The average molecular weight is 208 g/mol. The molecule has 0 rings (SSSR count). The minimum atomic E-state index is -3.15. The molecule has 0 saturated heterocycles. The molecule has 0 amide bonds. The van der Waals surface area contributed by atoms with E-state index in [0.29, 0.717) is 0 Å². The van der Waals surface area contributed by atoms with Gasteiger partial charge < -0.3 is 13.8 Å². The first-order valence-corrected chi connectivity index (χ1v) is 5.53. The standard InChI is InChI=1S/C8H17O4P/c1-6-7(2)8(10-3)13(9,11-4)12-5/h6,8H,1-5H3/b7-6+. The van der Waals surface area contributed by atoms with E-state index in [1.54, 1.807) is 0 Å². The van der Waals surface area contributed by atoms with Gasteiger partial charge in [0.05, 0.1) is 0 Å². The number of methoxy groups -OCH3 is 1. The summed E-state index contributed by atoms with van der Waals surface area (Å²) in [6, 6.07) is 0. The molecule has 78 valence electrons. The van der Waals surface area contributed by atoms with Gasteiger partial charge in [0.25, 0.3) is 0 Å². The molecule has 0 heterocycles. The molecule has 4 nitrogen and oxygen atoms in total. The molecule has 5 heteroatoms. The van der Waals surface area contributed by atoms with E-state index in [-0.39, 0.29) is 0 Å². The predicted octanol–water partition coefficient (Wildman–Crippen LogP) is 2.41. The first-order chi connectivity index (χ1) is 6.05. The van der Waals surface area contributed by atoms with Crippen LogP contribution in [-0.2, 0) is 18.3 Å². The fourth-order valence-electron chi connectivity index (χ4n) is 0.973. The molecule has 0 N–H and O–H groups in total. The van der Waals surface area contributed by atoms with Crippen molar-refractivity contribution in [2.24, 2.45) is 0 Å². The van der Waals surface area contributed by atoms with Crippen LogP contribution in [0.15, 0.2) is 11.6 Å². The lowest BCUT2D eigenvalue weighted by molar-refractivity contribution is 0.144. The van der Waals surface area contributed by atoms with E-state index in [1.165, 1.54) is 21.3 Å². The lowest BCUT2D eigenvalue weighted by Gasteiger charge is -2.23. The van der Waals surface area contributed by atoms with E-state index in [9.17, 15) is 4.57 Å². The maximum atomic E-state index is 11.9. The van der Waals surface area contributed by atoms with Crippen molar-refractivity contribution < 1.29 is 18.3 Å². The normalized spacial score (nSPS) is 15.9. The van der Waals surface area contributed by atoms with Crippen molar-refractivity contribution in [1.82, 2.24) is 0 Å². The maximum Gasteiger partial charge on any atom is 0.362 e. The van der Waals surface area contributed by atoms with E-state index in [0.717, 1.165) is 5.57 Å². The van der Waals surface area contributed by atoms with Gasteiger partial charge in [0.15, 0.2) is 5.85 Å². The molecule has 0 bridgehead atoms. The summed E-state index contributed by atoms with van der Waals surface area (Å²) >= 11 is 0. The number of allylic oxidation sites excluding steroid dienone is 1. The topological polar surface area (TPSA) is 44.8 Å². The molecule has 0 aliphatic rings. The van der Waals surface area contributed by atoms with E-state index >= 15 is 0 Å². The summed E-state index contributed by atoms with van der Waals surface area (Å²) in [5, 5.41) is 0. The molecule has 0 aromatic rings. The minimum absolute atomic E-state index is 0.618. The molecular formula is C8H17O4P. The number of rotatable bonds is 5. The summed E-state index contributed by atoms with van der Waals surface area (Å²) in [6.45, 7) is 3.66. The van der Waals surface area contributed by atoms with Crippen LogP contribution in [0.25, 0.3) is 0 Å². The summed E-state index contributed by atoms with van der Waals surface area (Å²) in [6.07, 6.45) is 1.82. The van der Waals surface area contributed by atoms with Crippen LogP contribution >= 0.6 is 7.60 Å². The molecular weight excluding hydrogens is 191 g/mol. The maximum absolute atomic E-state index is 11.9. The molecule has 0 saturated carbocycles. The smallest absolute Gasteiger partial charge is 0.362 e. The molecule has 13 heavy (non-hydrogen) atoms. The Labute approximate surface area is 79.4 Å². The quantitative estimate of drug-likeness (QED) is 0.514. The summed E-state index contributed by atoms with van der Waals surface area (Å²) in [5.41, 5.74) is 0.828. The average Bonchev–Trinajstić information content (AvgIpc) is 2.18. The van der Waals surface area contributed by atoms with Crippen LogP contribution in [-0.4, -0.2) is 27.2 Å². The van der Waals surface area contributed by atoms with E-state index < -0.39 is 13.4 Å². The van der Waals surface area contributed by atoms with Crippen molar-refractivity contribution in [3.63, 3.8) is 0 Å². The molecule has 0 fully saturated rings. The van der Waals surface area contributed by atoms with Crippen molar-refractivity contribution in [1.29, 1.82) is 0 Å². The van der Waals surface area contributed by atoms with Gasteiger partial charge in [0.2, 0.25) is 0 Å². The Morgan fingerprint density at radius 3 is 2.00 bits per heavy atom. The zero-order valence-electron chi connectivity index (χ0n) is 8.73. The van der Waals surface area contributed by atoms with Gasteiger partial charge in [-0.15, -0.1) is 0 Å². The van der Waals surface area contributed by atoms with Gasteiger partial charge in [0.1, 0.15) is 0 Å². The van der Waals surface area contributed by atoms with Gasteiger partial charge in [-0.3, -0.25) is 4.57 Å². The molecule has 0 spiro atoms. The van der Waals surface area contributed by atoms with E-state index in [4.69, 9.17) is 13.8 Å². The second-order valence-corrected chi connectivity index (χ2v) is 4.80. The summed E-state index contributed by atoms with van der Waals surface area (Å²) in [5.74, 6) is -0.618. The molecule has 0 radical (unpaired) electrons. The first kappa shape index (κ1) is 12.8. The fourth-order valence-corrected chi connectivity index (χ4v) is 2.41. The zero-order chi connectivity index (χ0) is 10.5. The van der Waals surface area contributed by atoms with Gasteiger partial charge >= 0.3 is 7.60 Å². The highest BCUT2D eigenvalue weighted by Crippen LogP contribution is 2.54. The first-order valence-electron chi connectivity index (χ1n) is 3.92. The Balaban J connectivity index is 4.85. The van der Waals surface area contributed by atoms with Gasteiger partial charge in [-0.25, -0.2) is 0 Å². The lowest BCUT2D eigenvalue weighted by atomic mass is 10.3. The van der Waals surface area contributed by atoms with E-state index in [2.05, 4.69) is 0 Å². The fraction of sp³-hybridized carbons (Fsp3) is 0.750. The minimum Gasteiger partial charge on any atom is -0.364 e. The van der Waals surface area contributed by atoms with Crippen molar-refractivity contribution in [2.45, 2.75) is 19.7 Å². The van der Waals surface area contributed by atoms with Crippen molar-refractivity contribution >= 4 is 7.60 Å². The van der Waals surface area contributed by atoms with Crippen LogP contribution < -0.4 is 0 Å². The van der Waals surface area contributed by atoms with Crippen molar-refractivity contribution in [3.8, 4) is 0 Å². The highest BCUT2D eigenvalue weighted by Gasteiger charge is 2.35. The SMILES string of the molecule is C/C=C(\C)C(OC)P(=O)(OC)OC. The van der Waals surface area contributed by atoms with Crippen LogP contribution in [0.5, 0.6) is 0 Å². The largest absolute Gasteiger partial charge is 0.364 e. The Kier molecular flexibility index (Phi) is 5.49. The number of ether oxygens (including phenoxy) is 1. The highest BCUT2D eigenvalue weighted by atomic mass is 31.2. The second-order valence-electron chi connectivity index (χ2n) is 2.53. The Bertz CT molecular complexity index is 216. The van der Waals surface area contributed by atoms with Crippen LogP contribution in [0.4, 0.5) is 0 Å². The van der Waals surface area contributed by atoms with E-state index in [1.807, 2.05) is 19.9 Å². The zero-order valence-corrected chi connectivity index (χ0v) is 9.63. The Hall–Kier alpha value is -0.150. The monoisotopic (exact) mass is 208 g/mol. The van der Waals surface area contributed by atoms with Crippen molar-refractivity contribution in [3.05, 3.63) is 11.6 Å². The highest BCUT2D eigenvalue weighted by molar-refractivity contribution is 7.54.